The fraction of sp³-hybridized carbons (Fsp3) is 0.462. The van der Waals surface area contributed by atoms with Gasteiger partial charge in [-0.05, 0) is 50.5 Å². The summed E-state index contributed by atoms with van der Waals surface area (Å²) in [6.07, 6.45) is 1.69. The Hall–Kier alpha value is -1.22. The van der Waals surface area contributed by atoms with Gasteiger partial charge in [0.25, 0.3) is 5.91 Å². The van der Waals surface area contributed by atoms with Crippen molar-refractivity contribution in [1.82, 2.24) is 5.32 Å². The molecule has 92 valence electrons. The topological polar surface area (TPSA) is 38.3 Å². The lowest BCUT2D eigenvalue weighted by Crippen LogP contribution is -2.37. The zero-order valence-electron chi connectivity index (χ0n) is 10.00. The van der Waals surface area contributed by atoms with E-state index in [4.69, 9.17) is 16.3 Å². The average molecular weight is 254 g/mol. The van der Waals surface area contributed by atoms with Gasteiger partial charge in [-0.2, -0.15) is 0 Å². The van der Waals surface area contributed by atoms with E-state index in [9.17, 15) is 4.79 Å². The highest BCUT2D eigenvalue weighted by Gasteiger charge is 2.26. The van der Waals surface area contributed by atoms with Gasteiger partial charge in [-0.1, -0.05) is 11.6 Å². The Labute approximate surface area is 106 Å². The average Bonchev–Trinajstić information content (AvgIpc) is 3.07. The Morgan fingerprint density at radius 1 is 1.53 bits per heavy atom. The van der Waals surface area contributed by atoms with Gasteiger partial charge < -0.3 is 10.1 Å². The first-order chi connectivity index (χ1) is 8.06. The smallest absolute Gasteiger partial charge is 0.260 e. The van der Waals surface area contributed by atoms with E-state index in [0.717, 1.165) is 18.4 Å². The zero-order chi connectivity index (χ0) is 12.4. The lowest BCUT2D eigenvalue weighted by molar-refractivity contribution is -0.127. The molecule has 2 rings (SSSR count). The Morgan fingerprint density at radius 2 is 2.24 bits per heavy atom. The molecule has 1 fully saturated rings. The number of halogens is 1. The summed E-state index contributed by atoms with van der Waals surface area (Å²) in [5.74, 6) is 0.616. The number of hydrogen-bond acceptors (Lipinski definition) is 2. The normalized spacial score (nSPS) is 16.4. The van der Waals surface area contributed by atoms with Crippen LogP contribution in [0, 0.1) is 6.92 Å². The van der Waals surface area contributed by atoms with E-state index in [2.05, 4.69) is 5.32 Å². The quantitative estimate of drug-likeness (QED) is 0.896. The molecule has 0 radical (unpaired) electrons. The monoisotopic (exact) mass is 253 g/mol. The van der Waals surface area contributed by atoms with Crippen molar-refractivity contribution in [3.8, 4) is 5.75 Å². The first kappa shape index (κ1) is 12.2. The van der Waals surface area contributed by atoms with E-state index in [1.807, 2.05) is 13.0 Å². The van der Waals surface area contributed by atoms with Gasteiger partial charge >= 0.3 is 0 Å². The molecule has 1 aromatic rings. The third kappa shape index (κ3) is 3.37. The molecule has 1 saturated carbocycles. The fourth-order valence-electron chi connectivity index (χ4n) is 1.49. The van der Waals surface area contributed by atoms with Crippen molar-refractivity contribution >= 4 is 17.5 Å². The zero-order valence-corrected chi connectivity index (χ0v) is 10.8. The van der Waals surface area contributed by atoms with Gasteiger partial charge in [0.05, 0.1) is 0 Å². The Morgan fingerprint density at radius 3 is 2.82 bits per heavy atom. The number of benzene rings is 1. The molecule has 0 bridgehead atoms. The maximum absolute atomic E-state index is 11.7. The van der Waals surface area contributed by atoms with E-state index >= 15 is 0 Å². The van der Waals surface area contributed by atoms with Crippen molar-refractivity contribution in [2.24, 2.45) is 0 Å². The van der Waals surface area contributed by atoms with Crippen LogP contribution in [0.15, 0.2) is 18.2 Å². The van der Waals surface area contributed by atoms with E-state index in [1.54, 1.807) is 19.1 Å². The summed E-state index contributed by atoms with van der Waals surface area (Å²) >= 11 is 5.92. The number of carbonyl (C=O) groups is 1. The minimum atomic E-state index is -0.476. The van der Waals surface area contributed by atoms with Gasteiger partial charge in [0.2, 0.25) is 0 Å². The molecule has 0 heterocycles. The fourth-order valence-corrected chi connectivity index (χ4v) is 1.61. The SMILES string of the molecule is Cc1cc(O[C@H](C)C(=O)NC2CC2)ccc1Cl. The highest BCUT2D eigenvalue weighted by Crippen LogP contribution is 2.22. The molecule has 3 nitrogen and oxygen atoms in total. The molecule has 1 aliphatic rings. The lowest BCUT2D eigenvalue weighted by Gasteiger charge is -2.15. The van der Waals surface area contributed by atoms with Crippen molar-refractivity contribution in [3.05, 3.63) is 28.8 Å². The van der Waals surface area contributed by atoms with E-state index in [1.165, 1.54) is 0 Å². The third-order valence-corrected chi connectivity index (χ3v) is 3.16. The number of nitrogens with one attached hydrogen (secondary N) is 1. The lowest BCUT2D eigenvalue weighted by atomic mass is 10.2. The van der Waals surface area contributed by atoms with Gasteiger partial charge in [0.1, 0.15) is 5.75 Å². The van der Waals surface area contributed by atoms with Crippen LogP contribution in [0.1, 0.15) is 25.3 Å². The predicted molar refractivity (Wildman–Crippen MR) is 67.4 cm³/mol. The van der Waals surface area contributed by atoms with Crippen LogP contribution < -0.4 is 10.1 Å². The van der Waals surface area contributed by atoms with Crippen LogP contribution in [0.4, 0.5) is 0 Å². The summed E-state index contributed by atoms with van der Waals surface area (Å²) in [6.45, 7) is 3.66. The maximum atomic E-state index is 11.7. The van der Waals surface area contributed by atoms with Crippen LogP contribution in [0.3, 0.4) is 0 Å². The van der Waals surface area contributed by atoms with Crippen LogP contribution in [-0.4, -0.2) is 18.1 Å². The molecule has 17 heavy (non-hydrogen) atoms. The van der Waals surface area contributed by atoms with Gasteiger partial charge in [-0.25, -0.2) is 0 Å². The second kappa shape index (κ2) is 4.96. The summed E-state index contributed by atoms with van der Waals surface area (Å²) < 4.78 is 5.57. The summed E-state index contributed by atoms with van der Waals surface area (Å²) in [7, 11) is 0. The minimum absolute atomic E-state index is 0.0555. The first-order valence-corrected chi connectivity index (χ1v) is 6.17. The number of hydrogen-bond donors (Lipinski definition) is 1. The molecule has 1 atom stereocenters. The van der Waals surface area contributed by atoms with E-state index in [-0.39, 0.29) is 5.91 Å². The van der Waals surface area contributed by atoms with Crippen LogP contribution in [0.2, 0.25) is 5.02 Å². The summed E-state index contributed by atoms with van der Waals surface area (Å²) in [5, 5.41) is 3.61. The van der Waals surface area contributed by atoms with Crippen LogP contribution >= 0.6 is 11.6 Å². The number of carbonyl (C=O) groups excluding carboxylic acids is 1. The van der Waals surface area contributed by atoms with Crippen molar-refractivity contribution in [3.63, 3.8) is 0 Å². The number of ether oxygens (including phenoxy) is 1. The predicted octanol–water partition coefficient (Wildman–Crippen LogP) is 2.69. The molecule has 0 aromatic heterocycles. The van der Waals surface area contributed by atoms with Crippen LogP contribution in [0.25, 0.3) is 0 Å². The molecule has 0 unspecified atom stereocenters. The second-order valence-electron chi connectivity index (χ2n) is 4.45. The number of rotatable bonds is 4. The summed E-state index contributed by atoms with van der Waals surface area (Å²) in [4.78, 5) is 11.7. The van der Waals surface area contributed by atoms with Gasteiger partial charge in [-0.15, -0.1) is 0 Å². The minimum Gasteiger partial charge on any atom is -0.481 e. The Bertz CT molecular complexity index is 429. The van der Waals surface area contributed by atoms with Gasteiger partial charge in [-0.3, -0.25) is 4.79 Å². The van der Waals surface area contributed by atoms with Crippen molar-refractivity contribution < 1.29 is 9.53 Å². The number of aryl methyl sites for hydroxylation is 1. The second-order valence-corrected chi connectivity index (χ2v) is 4.86. The van der Waals surface area contributed by atoms with Crippen molar-refractivity contribution in [1.29, 1.82) is 0 Å². The van der Waals surface area contributed by atoms with Crippen molar-refractivity contribution in [2.45, 2.75) is 38.8 Å². The molecule has 1 amide bonds. The van der Waals surface area contributed by atoms with E-state index < -0.39 is 6.10 Å². The summed E-state index contributed by atoms with van der Waals surface area (Å²) in [6, 6.07) is 5.75. The van der Waals surface area contributed by atoms with Gasteiger partial charge in [0.15, 0.2) is 6.10 Å². The van der Waals surface area contributed by atoms with E-state index in [0.29, 0.717) is 16.8 Å². The standard InChI is InChI=1S/C13H16ClNO2/c1-8-7-11(5-6-12(8)14)17-9(2)13(16)15-10-3-4-10/h5-7,9-10H,3-4H2,1-2H3,(H,15,16)/t9-/m1/s1. The van der Waals surface area contributed by atoms with Crippen LogP contribution in [-0.2, 0) is 4.79 Å². The number of amides is 1. The Kier molecular flexibility index (Phi) is 3.57. The molecular formula is C13H16ClNO2. The molecule has 1 aliphatic carbocycles. The highest BCUT2D eigenvalue weighted by molar-refractivity contribution is 6.31. The molecule has 0 aliphatic heterocycles. The molecule has 1 aromatic carbocycles. The third-order valence-electron chi connectivity index (χ3n) is 2.74. The largest absolute Gasteiger partial charge is 0.481 e. The maximum Gasteiger partial charge on any atom is 0.260 e. The van der Waals surface area contributed by atoms with Crippen molar-refractivity contribution in [2.75, 3.05) is 0 Å². The highest BCUT2D eigenvalue weighted by atomic mass is 35.5. The van der Waals surface area contributed by atoms with Gasteiger partial charge in [0, 0.05) is 11.1 Å². The molecule has 1 N–H and O–H groups in total. The van der Waals surface area contributed by atoms with Crippen LogP contribution in [0.5, 0.6) is 5.75 Å². The molecular weight excluding hydrogens is 238 g/mol. The Balaban J connectivity index is 1.94. The molecule has 0 saturated heterocycles. The molecule has 0 spiro atoms. The first-order valence-electron chi connectivity index (χ1n) is 5.79. The summed E-state index contributed by atoms with van der Waals surface area (Å²) in [5.41, 5.74) is 0.943. The molecule has 4 heteroatoms.